The lowest BCUT2D eigenvalue weighted by Gasteiger charge is -2.36. The monoisotopic (exact) mass is 267 g/mol. The molecular weight excluding hydrogens is 246 g/mol. The first-order valence-electron chi connectivity index (χ1n) is 7.03. The third-order valence-corrected chi connectivity index (χ3v) is 5.82. The molecule has 2 aliphatic carbocycles. The van der Waals surface area contributed by atoms with Crippen LogP contribution in [0.5, 0.6) is 0 Å². The summed E-state index contributed by atoms with van der Waals surface area (Å²) < 4.78 is 5.48. The molecule has 1 saturated heterocycles. The summed E-state index contributed by atoms with van der Waals surface area (Å²) in [7, 11) is 0. The van der Waals surface area contributed by atoms with Crippen LogP contribution in [0.4, 0.5) is 0 Å². The molecule has 3 rings (SSSR count). The number of hydrogen-bond donors (Lipinski definition) is 1. The van der Waals surface area contributed by atoms with E-state index in [1.165, 1.54) is 0 Å². The molecule has 106 valence electrons. The summed E-state index contributed by atoms with van der Waals surface area (Å²) in [5, 5.41) is 0. The maximum absolute atomic E-state index is 12.5. The highest BCUT2D eigenvalue weighted by Gasteiger charge is 2.75. The number of ether oxygens (including phenoxy) is 1. The Bertz CT molecular complexity index is 443. The summed E-state index contributed by atoms with van der Waals surface area (Å²) >= 11 is 0. The minimum Gasteiger partial charge on any atom is -0.448 e. The number of hydroxylamine groups is 1. The molecule has 1 aliphatic heterocycles. The Hall–Kier alpha value is -1.10. The van der Waals surface area contributed by atoms with Crippen LogP contribution in [-0.4, -0.2) is 23.6 Å². The number of esters is 1. The van der Waals surface area contributed by atoms with Crippen molar-refractivity contribution in [2.75, 3.05) is 0 Å². The lowest BCUT2D eigenvalue weighted by atomic mass is 9.66. The highest BCUT2D eigenvalue weighted by molar-refractivity contribution is 5.95. The van der Waals surface area contributed by atoms with Crippen LogP contribution >= 0.6 is 0 Å². The summed E-state index contributed by atoms with van der Waals surface area (Å²) in [5.74, 6) is -0.568. The van der Waals surface area contributed by atoms with Gasteiger partial charge in [0.15, 0.2) is 5.60 Å². The standard InChI is InChI=1S/C14H21NO4/c1-12(2)13(3)7-8-14(12,18-11(13)17)10(16)15-19-9-5-4-6-9/h9H,4-8H2,1-3H3,(H,15,16)/t13-,14+/m0/s1. The lowest BCUT2D eigenvalue weighted by molar-refractivity contribution is -0.178. The Labute approximate surface area is 113 Å². The van der Waals surface area contributed by atoms with Crippen LogP contribution in [0.3, 0.4) is 0 Å². The van der Waals surface area contributed by atoms with Crippen LogP contribution in [0.25, 0.3) is 0 Å². The van der Waals surface area contributed by atoms with Gasteiger partial charge in [0.2, 0.25) is 0 Å². The number of hydrogen-bond acceptors (Lipinski definition) is 4. The zero-order valence-electron chi connectivity index (χ0n) is 11.7. The first kappa shape index (κ1) is 12.9. The van der Waals surface area contributed by atoms with Crippen molar-refractivity contribution in [3.05, 3.63) is 0 Å². The van der Waals surface area contributed by atoms with E-state index in [4.69, 9.17) is 9.57 Å². The Kier molecular flexibility index (Phi) is 2.53. The van der Waals surface area contributed by atoms with Crippen molar-refractivity contribution in [1.29, 1.82) is 0 Å². The molecule has 2 saturated carbocycles. The van der Waals surface area contributed by atoms with Crippen molar-refractivity contribution in [1.82, 2.24) is 5.48 Å². The second-order valence-electron chi connectivity index (χ2n) is 6.78. The summed E-state index contributed by atoms with van der Waals surface area (Å²) in [5.41, 5.74) is 0.377. The van der Waals surface area contributed by atoms with E-state index < -0.39 is 16.4 Å². The fourth-order valence-corrected chi connectivity index (χ4v) is 3.46. The van der Waals surface area contributed by atoms with Crippen molar-refractivity contribution < 1.29 is 19.2 Å². The number of nitrogens with one attached hydrogen (secondary N) is 1. The summed E-state index contributed by atoms with van der Waals surface area (Å²) in [6.45, 7) is 5.77. The van der Waals surface area contributed by atoms with Crippen LogP contribution in [0.15, 0.2) is 0 Å². The molecule has 19 heavy (non-hydrogen) atoms. The molecule has 1 N–H and O–H groups in total. The quantitative estimate of drug-likeness (QED) is 0.624. The highest BCUT2D eigenvalue weighted by atomic mass is 16.7. The van der Waals surface area contributed by atoms with E-state index in [0.717, 1.165) is 19.3 Å². The molecule has 3 aliphatic rings. The zero-order chi connectivity index (χ0) is 13.9. The first-order chi connectivity index (χ1) is 8.83. The molecule has 0 unspecified atom stereocenters. The van der Waals surface area contributed by atoms with Crippen molar-refractivity contribution in [3.63, 3.8) is 0 Å². The van der Waals surface area contributed by atoms with E-state index in [1.54, 1.807) is 0 Å². The second kappa shape index (κ2) is 3.72. The maximum atomic E-state index is 12.5. The van der Waals surface area contributed by atoms with Gasteiger partial charge in [-0.1, -0.05) is 13.8 Å². The van der Waals surface area contributed by atoms with Crippen LogP contribution in [0.1, 0.15) is 52.9 Å². The Balaban J connectivity index is 1.79. The van der Waals surface area contributed by atoms with Crippen molar-refractivity contribution in [2.24, 2.45) is 10.8 Å². The van der Waals surface area contributed by atoms with Crippen LogP contribution in [0, 0.1) is 10.8 Å². The molecule has 2 atom stereocenters. The third-order valence-electron chi connectivity index (χ3n) is 5.82. The summed E-state index contributed by atoms with van der Waals surface area (Å²) in [6.07, 6.45) is 4.48. The molecule has 5 nitrogen and oxygen atoms in total. The molecular formula is C14H21NO4. The molecule has 3 fully saturated rings. The molecule has 1 amide bonds. The van der Waals surface area contributed by atoms with Crippen molar-refractivity contribution in [3.8, 4) is 0 Å². The van der Waals surface area contributed by atoms with Gasteiger partial charge < -0.3 is 4.74 Å². The second-order valence-corrected chi connectivity index (χ2v) is 6.78. The van der Waals surface area contributed by atoms with Crippen LogP contribution in [-0.2, 0) is 19.2 Å². The number of fused-ring (bicyclic) bond motifs is 2. The van der Waals surface area contributed by atoms with Gasteiger partial charge in [-0.05, 0) is 39.0 Å². The van der Waals surface area contributed by atoms with E-state index in [2.05, 4.69) is 5.48 Å². The average Bonchev–Trinajstić information content (AvgIpc) is 2.57. The zero-order valence-corrected chi connectivity index (χ0v) is 11.7. The van der Waals surface area contributed by atoms with Crippen LogP contribution < -0.4 is 5.48 Å². The first-order valence-corrected chi connectivity index (χ1v) is 7.03. The largest absolute Gasteiger partial charge is 0.448 e. The van der Waals surface area contributed by atoms with Gasteiger partial charge in [0.1, 0.15) is 0 Å². The molecule has 0 radical (unpaired) electrons. The Morgan fingerprint density at radius 3 is 2.42 bits per heavy atom. The molecule has 0 aromatic carbocycles. The molecule has 5 heteroatoms. The highest BCUT2D eigenvalue weighted by Crippen LogP contribution is 2.65. The van der Waals surface area contributed by atoms with E-state index >= 15 is 0 Å². The molecule has 0 aromatic rings. The Morgan fingerprint density at radius 1 is 1.32 bits per heavy atom. The van der Waals surface area contributed by atoms with Gasteiger partial charge in [0, 0.05) is 5.41 Å². The average molecular weight is 267 g/mol. The summed E-state index contributed by atoms with van der Waals surface area (Å²) in [6, 6.07) is 0. The number of amides is 1. The normalized spacial score (nSPS) is 39.8. The van der Waals surface area contributed by atoms with Crippen molar-refractivity contribution in [2.45, 2.75) is 64.6 Å². The van der Waals surface area contributed by atoms with E-state index in [0.29, 0.717) is 12.8 Å². The van der Waals surface area contributed by atoms with Gasteiger partial charge >= 0.3 is 5.97 Å². The number of carbonyl (C=O) groups is 2. The predicted molar refractivity (Wildman–Crippen MR) is 66.8 cm³/mol. The van der Waals surface area contributed by atoms with Gasteiger partial charge in [-0.2, -0.15) is 0 Å². The van der Waals surface area contributed by atoms with Gasteiger partial charge in [-0.3, -0.25) is 14.4 Å². The Morgan fingerprint density at radius 2 is 2.00 bits per heavy atom. The van der Waals surface area contributed by atoms with Gasteiger partial charge in [-0.25, -0.2) is 5.48 Å². The topological polar surface area (TPSA) is 64.6 Å². The minimum absolute atomic E-state index is 0.119. The van der Waals surface area contributed by atoms with Gasteiger partial charge in [-0.15, -0.1) is 0 Å². The van der Waals surface area contributed by atoms with E-state index in [-0.39, 0.29) is 18.0 Å². The number of carbonyl (C=O) groups excluding carboxylic acids is 2. The molecule has 0 spiro atoms. The predicted octanol–water partition coefficient (Wildman–Crippen LogP) is 1.71. The van der Waals surface area contributed by atoms with Crippen molar-refractivity contribution >= 4 is 11.9 Å². The third kappa shape index (κ3) is 1.39. The maximum Gasteiger partial charge on any atom is 0.313 e. The SMILES string of the molecule is CC1(C)[C@@]2(C)CC[C@]1(C(=O)NOC1CCC1)OC2=O. The van der Waals surface area contributed by atoms with Gasteiger partial charge in [0.25, 0.3) is 5.91 Å². The van der Waals surface area contributed by atoms with E-state index in [9.17, 15) is 9.59 Å². The van der Waals surface area contributed by atoms with Crippen LogP contribution in [0.2, 0.25) is 0 Å². The molecule has 1 heterocycles. The smallest absolute Gasteiger partial charge is 0.313 e. The lowest BCUT2D eigenvalue weighted by Crippen LogP contribution is -2.54. The number of rotatable bonds is 3. The fraction of sp³-hybridized carbons (Fsp3) is 0.857. The minimum atomic E-state index is -1.07. The summed E-state index contributed by atoms with van der Waals surface area (Å²) in [4.78, 5) is 29.9. The van der Waals surface area contributed by atoms with Gasteiger partial charge in [0.05, 0.1) is 11.5 Å². The molecule has 0 aromatic heterocycles. The molecule has 2 bridgehead atoms. The van der Waals surface area contributed by atoms with E-state index in [1.807, 2.05) is 20.8 Å². The fourth-order valence-electron chi connectivity index (χ4n) is 3.46.